The van der Waals surface area contributed by atoms with E-state index in [4.69, 9.17) is 0 Å². The Morgan fingerprint density at radius 2 is 1.55 bits per heavy atom. The van der Waals surface area contributed by atoms with E-state index in [1.165, 1.54) is 25.1 Å². The number of carbonyl (C=O) groups excluding carboxylic acids is 1. The maximum absolute atomic E-state index is 14.1. The largest absolute Gasteiger partial charge is 0.507 e. The number of anilines is 2. The molecule has 2 aromatic rings. The van der Waals surface area contributed by atoms with Gasteiger partial charge in [-0.2, -0.15) is 10.1 Å². The van der Waals surface area contributed by atoms with Crippen LogP contribution in [0, 0.1) is 29.1 Å². The predicted octanol–water partition coefficient (Wildman–Crippen LogP) is 4.74. The van der Waals surface area contributed by atoms with Crippen LogP contribution in [0.1, 0.15) is 26.3 Å². The zero-order chi connectivity index (χ0) is 23.0. The molecule has 1 amide bonds. The van der Waals surface area contributed by atoms with Gasteiger partial charge in [0.2, 0.25) is 5.82 Å². The van der Waals surface area contributed by atoms with E-state index in [9.17, 15) is 31.9 Å². The Bertz CT molecular complexity index is 1100. The van der Waals surface area contributed by atoms with Crippen molar-refractivity contribution in [2.75, 3.05) is 23.0 Å². The Hall–Kier alpha value is -3.43. The average molecular weight is 439 g/mol. The molecule has 5 nitrogen and oxygen atoms in total. The van der Waals surface area contributed by atoms with Crippen LogP contribution >= 0.6 is 0 Å². The van der Waals surface area contributed by atoms with E-state index in [1.54, 1.807) is 6.07 Å². The normalized spacial score (nSPS) is 15.1. The molecule has 1 aliphatic heterocycles. The van der Waals surface area contributed by atoms with Gasteiger partial charge in [-0.3, -0.25) is 4.79 Å². The van der Waals surface area contributed by atoms with Crippen LogP contribution in [-0.2, 0) is 4.79 Å². The first kappa shape index (κ1) is 22.3. The van der Waals surface area contributed by atoms with Crippen molar-refractivity contribution in [3.8, 4) is 5.75 Å². The van der Waals surface area contributed by atoms with Crippen molar-refractivity contribution in [2.24, 2.45) is 5.10 Å². The number of nitrogens with zero attached hydrogens (tertiary/aromatic N) is 3. The van der Waals surface area contributed by atoms with Gasteiger partial charge >= 0.3 is 0 Å². The van der Waals surface area contributed by atoms with Gasteiger partial charge in [-0.1, -0.05) is 0 Å². The van der Waals surface area contributed by atoms with E-state index >= 15 is 0 Å². The third-order valence-electron chi connectivity index (χ3n) is 4.90. The Morgan fingerprint density at radius 1 is 1.00 bits per heavy atom. The van der Waals surface area contributed by atoms with Crippen molar-refractivity contribution < 1.29 is 31.9 Å². The molecular formula is C21H18F5N3O2. The molecule has 0 atom stereocenters. The van der Waals surface area contributed by atoms with Gasteiger partial charge in [0.25, 0.3) is 5.91 Å². The van der Waals surface area contributed by atoms with Crippen LogP contribution in [0.2, 0.25) is 0 Å². The standard InChI is InChI=1S/C21H18F5N3O2/c1-4-28(5-2)12-7-6-11(14(30)9-12)8-13-10(3)27-29(21(13)31)20-18(25)16(23)15(22)17(24)19(20)26/h6-9,30H,4-5H2,1-3H3/b13-8+. The summed E-state index contributed by atoms with van der Waals surface area (Å²) in [6.07, 6.45) is 1.23. The van der Waals surface area contributed by atoms with E-state index in [1.807, 2.05) is 18.7 Å². The molecule has 1 heterocycles. The molecule has 31 heavy (non-hydrogen) atoms. The van der Waals surface area contributed by atoms with Gasteiger partial charge in [0.15, 0.2) is 23.3 Å². The Balaban J connectivity index is 2.02. The maximum Gasteiger partial charge on any atom is 0.280 e. The van der Waals surface area contributed by atoms with Crippen LogP contribution in [0.25, 0.3) is 6.08 Å². The van der Waals surface area contributed by atoms with E-state index in [2.05, 4.69) is 5.10 Å². The van der Waals surface area contributed by atoms with Crippen molar-refractivity contribution >= 4 is 29.1 Å². The lowest BCUT2D eigenvalue weighted by Gasteiger charge is -2.21. The minimum atomic E-state index is -2.33. The number of hydrogen-bond donors (Lipinski definition) is 1. The summed E-state index contributed by atoms with van der Waals surface area (Å²) in [5.41, 5.74) is -0.704. The van der Waals surface area contributed by atoms with Crippen molar-refractivity contribution in [1.29, 1.82) is 0 Å². The number of halogens is 5. The van der Waals surface area contributed by atoms with Crippen LogP contribution < -0.4 is 9.91 Å². The summed E-state index contributed by atoms with van der Waals surface area (Å²) in [6, 6.07) is 4.75. The second-order valence-corrected chi connectivity index (χ2v) is 6.69. The smallest absolute Gasteiger partial charge is 0.280 e. The first-order valence-corrected chi connectivity index (χ1v) is 9.33. The highest BCUT2D eigenvalue weighted by atomic mass is 19.2. The fraction of sp³-hybridized carbons (Fsp3) is 0.238. The minimum Gasteiger partial charge on any atom is -0.507 e. The summed E-state index contributed by atoms with van der Waals surface area (Å²) < 4.78 is 68.6. The number of amides is 1. The molecule has 1 N–H and O–H groups in total. The molecule has 10 heteroatoms. The first-order valence-electron chi connectivity index (χ1n) is 9.33. The molecule has 164 valence electrons. The lowest BCUT2D eigenvalue weighted by atomic mass is 10.1. The SMILES string of the molecule is CCN(CC)c1ccc(/C=C2/C(=O)N(c3c(F)c(F)c(F)c(F)c3F)N=C2C)c(O)c1. The number of carbonyl (C=O) groups is 1. The second-order valence-electron chi connectivity index (χ2n) is 6.69. The van der Waals surface area contributed by atoms with Crippen molar-refractivity contribution in [3.63, 3.8) is 0 Å². The van der Waals surface area contributed by atoms with Crippen LogP contribution in [0.3, 0.4) is 0 Å². The Morgan fingerprint density at radius 3 is 2.06 bits per heavy atom. The molecule has 2 aromatic carbocycles. The topological polar surface area (TPSA) is 56.1 Å². The van der Waals surface area contributed by atoms with E-state index in [0.717, 1.165) is 5.69 Å². The van der Waals surface area contributed by atoms with E-state index in [-0.39, 0.29) is 27.6 Å². The summed E-state index contributed by atoms with van der Waals surface area (Å²) in [5.74, 6) is -12.3. The van der Waals surface area contributed by atoms with E-state index < -0.39 is 40.7 Å². The summed E-state index contributed by atoms with van der Waals surface area (Å²) in [7, 11) is 0. The van der Waals surface area contributed by atoms with Crippen LogP contribution in [0.4, 0.5) is 33.3 Å². The van der Waals surface area contributed by atoms with Crippen molar-refractivity contribution in [3.05, 3.63) is 58.4 Å². The first-order chi connectivity index (χ1) is 14.6. The fourth-order valence-corrected chi connectivity index (χ4v) is 3.21. The van der Waals surface area contributed by atoms with Crippen LogP contribution in [0.5, 0.6) is 5.75 Å². The quantitative estimate of drug-likeness (QED) is 0.317. The number of rotatable bonds is 5. The maximum atomic E-state index is 14.1. The third kappa shape index (κ3) is 3.73. The summed E-state index contributed by atoms with van der Waals surface area (Å²) in [6.45, 7) is 6.63. The van der Waals surface area contributed by atoms with Gasteiger partial charge in [0.1, 0.15) is 11.4 Å². The second kappa shape index (κ2) is 8.37. The summed E-state index contributed by atoms with van der Waals surface area (Å²) in [4.78, 5) is 14.7. The number of aromatic hydroxyl groups is 1. The van der Waals surface area contributed by atoms with Crippen LogP contribution in [-0.4, -0.2) is 29.8 Å². The predicted molar refractivity (Wildman–Crippen MR) is 106 cm³/mol. The molecule has 3 rings (SSSR count). The van der Waals surface area contributed by atoms with Crippen molar-refractivity contribution in [1.82, 2.24) is 0 Å². The monoisotopic (exact) mass is 439 g/mol. The number of hydrogen-bond acceptors (Lipinski definition) is 4. The number of phenolic OH excluding ortho intramolecular Hbond substituents is 1. The van der Waals surface area contributed by atoms with E-state index in [0.29, 0.717) is 13.1 Å². The minimum absolute atomic E-state index is 0.0267. The highest BCUT2D eigenvalue weighted by molar-refractivity contribution is 6.32. The Labute approximate surface area is 174 Å². The lowest BCUT2D eigenvalue weighted by Crippen LogP contribution is -2.25. The third-order valence-corrected chi connectivity index (χ3v) is 4.90. The molecule has 0 aromatic heterocycles. The van der Waals surface area contributed by atoms with Gasteiger partial charge < -0.3 is 10.0 Å². The zero-order valence-electron chi connectivity index (χ0n) is 16.8. The molecule has 0 fully saturated rings. The molecule has 1 aliphatic rings. The molecule has 0 radical (unpaired) electrons. The molecule has 0 saturated carbocycles. The highest BCUT2D eigenvalue weighted by Crippen LogP contribution is 2.35. The zero-order valence-corrected chi connectivity index (χ0v) is 16.8. The van der Waals surface area contributed by atoms with Gasteiger partial charge in [-0.15, -0.1) is 0 Å². The van der Waals surface area contributed by atoms with Gasteiger partial charge in [-0.25, -0.2) is 22.0 Å². The summed E-state index contributed by atoms with van der Waals surface area (Å²) in [5, 5.41) is 14.1. The van der Waals surface area contributed by atoms with Gasteiger partial charge in [0, 0.05) is 30.4 Å². The number of phenols is 1. The molecule has 0 spiro atoms. The summed E-state index contributed by atoms with van der Waals surface area (Å²) >= 11 is 0. The number of benzene rings is 2. The molecule has 0 unspecified atom stereocenters. The van der Waals surface area contributed by atoms with Crippen LogP contribution in [0.15, 0.2) is 28.9 Å². The fourth-order valence-electron chi connectivity index (χ4n) is 3.21. The van der Waals surface area contributed by atoms with Crippen molar-refractivity contribution in [2.45, 2.75) is 20.8 Å². The van der Waals surface area contributed by atoms with Gasteiger partial charge in [0.05, 0.1) is 11.3 Å². The number of hydrazone groups is 1. The molecule has 0 saturated heterocycles. The molecule has 0 aliphatic carbocycles. The average Bonchev–Trinajstić information content (AvgIpc) is 3.01. The Kier molecular flexibility index (Phi) is 6.01. The highest BCUT2D eigenvalue weighted by Gasteiger charge is 2.37. The molecule has 0 bridgehead atoms. The molecular weight excluding hydrogens is 421 g/mol. The lowest BCUT2D eigenvalue weighted by molar-refractivity contribution is -0.114. The van der Waals surface area contributed by atoms with Gasteiger partial charge in [-0.05, 0) is 39.0 Å².